The third kappa shape index (κ3) is 2.87. The summed E-state index contributed by atoms with van der Waals surface area (Å²) in [7, 11) is 0. The van der Waals surface area contributed by atoms with E-state index in [1.165, 1.54) is 5.56 Å². The summed E-state index contributed by atoms with van der Waals surface area (Å²) in [4.78, 5) is 0. The third-order valence-corrected chi connectivity index (χ3v) is 2.87. The molecule has 0 aliphatic rings. The second-order valence-electron chi connectivity index (χ2n) is 3.94. The molecule has 90 valence electrons. The lowest BCUT2D eigenvalue weighted by Crippen LogP contribution is -2.11. The number of benzene rings is 1. The van der Waals surface area contributed by atoms with E-state index in [4.69, 9.17) is 11.6 Å². The number of rotatable bonds is 4. The van der Waals surface area contributed by atoms with Crippen LogP contribution in [0, 0.1) is 6.92 Å². The average molecular weight is 250 g/mol. The highest BCUT2D eigenvalue weighted by atomic mass is 35.5. The summed E-state index contributed by atoms with van der Waals surface area (Å²) >= 11 is 5.97. The monoisotopic (exact) mass is 249 g/mol. The predicted molar refractivity (Wildman–Crippen MR) is 70.7 cm³/mol. The van der Waals surface area contributed by atoms with E-state index in [0.29, 0.717) is 0 Å². The van der Waals surface area contributed by atoms with E-state index in [1.807, 2.05) is 42.1 Å². The van der Waals surface area contributed by atoms with Gasteiger partial charge in [-0.25, -0.2) is 4.68 Å². The Morgan fingerprint density at radius 3 is 2.94 bits per heavy atom. The zero-order chi connectivity index (χ0) is 12.3. The van der Waals surface area contributed by atoms with Crippen LogP contribution in [0.15, 0.2) is 30.5 Å². The summed E-state index contributed by atoms with van der Waals surface area (Å²) < 4.78 is 1.87. The van der Waals surface area contributed by atoms with Crippen LogP contribution in [0.25, 0.3) is 5.69 Å². The van der Waals surface area contributed by atoms with Crippen LogP contribution in [0.1, 0.15) is 18.2 Å². The second kappa shape index (κ2) is 5.34. The van der Waals surface area contributed by atoms with Crippen LogP contribution in [-0.2, 0) is 6.54 Å². The third-order valence-electron chi connectivity index (χ3n) is 2.64. The van der Waals surface area contributed by atoms with Crippen LogP contribution < -0.4 is 5.32 Å². The summed E-state index contributed by atoms with van der Waals surface area (Å²) in [5, 5.41) is 8.52. The van der Waals surface area contributed by atoms with E-state index >= 15 is 0 Å². The van der Waals surface area contributed by atoms with Crippen LogP contribution in [0.3, 0.4) is 0 Å². The van der Waals surface area contributed by atoms with Gasteiger partial charge < -0.3 is 5.32 Å². The minimum atomic E-state index is 0.726. The van der Waals surface area contributed by atoms with Gasteiger partial charge in [0.1, 0.15) is 0 Å². The number of halogens is 1. The SMILES string of the molecule is CCNCc1cn(-c2cccc(Cl)c2)nc1C. The molecule has 2 rings (SSSR count). The smallest absolute Gasteiger partial charge is 0.0660 e. The standard InChI is InChI=1S/C13H16ClN3/c1-3-15-8-11-9-17(16-10(11)2)13-6-4-5-12(14)7-13/h4-7,9,15H,3,8H2,1-2H3. The fourth-order valence-corrected chi connectivity index (χ4v) is 1.86. The molecule has 0 saturated carbocycles. The van der Waals surface area contributed by atoms with Gasteiger partial charge in [-0.15, -0.1) is 0 Å². The van der Waals surface area contributed by atoms with Gasteiger partial charge in [0.25, 0.3) is 0 Å². The highest BCUT2D eigenvalue weighted by Gasteiger charge is 2.05. The molecule has 1 aromatic heterocycles. The van der Waals surface area contributed by atoms with Gasteiger partial charge in [-0.05, 0) is 31.7 Å². The minimum absolute atomic E-state index is 0.726. The Morgan fingerprint density at radius 1 is 1.41 bits per heavy atom. The molecule has 2 aromatic rings. The number of nitrogens with one attached hydrogen (secondary N) is 1. The van der Waals surface area contributed by atoms with E-state index in [1.54, 1.807) is 0 Å². The molecule has 1 N–H and O–H groups in total. The molecule has 1 heterocycles. The molecule has 0 amide bonds. The van der Waals surface area contributed by atoms with Crippen LogP contribution in [0.4, 0.5) is 0 Å². The molecular weight excluding hydrogens is 234 g/mol. The van der Waals surface area contributed by atoms with Crippen LogP contribution >= 0.6 is 11.6 Å². The van der Waals surface area contributed by atoms with Crippen molar-refractivity contribution in [3.63, 3.8) is 0 Å². The first-order valence-corrected chi connectivity index (χ1v) is 6.10. The largest absolute Gasteiger partial charge is 0.313 e. The number of aromatic nitrogens is 2. The van der Waals surface area contributed by atoms with Crippen LogP contribution in [0.5, 0.6) is 0 Å². The second-order valence-corrected chi connectivity index (χ2v) is 4.38. The molecule has 0 aliphatic carbocycles. The average Bonchev–Trinajstić information content (AvgIpc) is 2.68. The lowest BCUT2D eigenvalue weighted by molar-refractivity contribution is 0.723. The maximum atomic E-state index is 5.97. The summed E-state index contributed by atoms with van der Waals surface area (Å²) in [6, 6.07) is 7.69. The highest BCUT2D eigenvalue weighted by molar-refractivity contribution is 6.30. The van der Waals surface area contributed by atoms with Crippen molar-refractivity contribution in [2.24, 2.45) is 0 Å². The summed E-state index contributed by atoms with van der Waals surface area (Å²) in [5.74, 6) is 0. The highest BCUT2D eigenvalue weighted by Crippen LogP contribution is 2.16. The molecule has 0 bridgehead atoms. The van der Waals surface area contributed by atoms with Crippen molar-refractivity contribution in [2.45, 2.75) is 20.4 Å². The van der Waals surface area contributed by atoms with Gasteiger partial charge in [-0.1, -0.05) is 24.6 Å². The summed E-state index contributed by atoms with van der Waals surface area (Å²) in [5.41, 5.74) is 3.25. The van der Waals surface area contributed by atoms with Gasteiger partial charge in [0.15, 0.2) is 0 Å². The van der Waals surface area contributed by atoms with E-state index in [9.17, 15) is 0 Å². The van der Waals surface area contributed by atoms with E-state index in [0.717, 1.165) is 29.5 Å². The lowest BCUT2D eigenvalue weighted by atomic mass is 10.2. The Hall–Kier alpha value is -1.32. The molecular formula is C13H16ClN3. The molecule has 0 radical (unpaired) electrons. The molecule has 0 aliphatic heterocycles. The first-order chi connectivity index (χ1) is 8.20. The van der Waals surface area contributed by atoms with Crippen molar-refractivity contribution in [2.75, 3.05) is 6.54 Å². The number of hydrogen-bond donors (Lipinski definition) is 1. The Balaban J connectivity index is 2.28. The number of nitrogens with zero attached hydrogens (tertiary/aromatic N) is 2. The lowest BCUT2D eigenvalue weighted by Gasteiger charge is -2.01. The fourth-order valence-electron chi connectivity index (χ4n) is 1.68. The predicted octanol–water partition coefficient (Wildman–Crippen LogP) is 2.94. The Morgan fingerprint density at radius 2 is 2.24 bits per heavy atom. The maximum absolute atomic E-state index is 5.97. The van der Waals surface area contributed by atoms with Crippen molar-refractivity contribution in [1.29, 1.82) is 0 Å². The summed E-state index contributed by atoms with van der Waals surface area (Å²) in [6.07, 6.45) is 2.05. The number of hydrogen-bond acceptors (Lipinski definition) is 2. The summed E-state index contributed by atoms with van der Waals surface area (Å²) in [6.45, 7) is 5.93. The van der Waals surface area contributed by atoms with E-state index in [-0.39, 0.29) is 0 Å². The minimum Gasteiger partial charge on any atom is -0.313 e. The van der Waals surface area contributed by atoms with Gasteiger partial charge in [0.2, 0.25) is 0 Å². The van der Waals surface area contributed by atoms with Crippen molar-refractivity contribution in [1.82, 2.24) is 15.1 Å². The van der Waals surface area contributed by atoms with Gasteiger partial charge in [-0.2, -0.15) is 5.10 Å². The zero-order valence-electron chi connectivity index (χ0n) is 10.1. The Kier molecular flexibility index (Phi) is 3.82. The normalized spacial score (nSPS) is 10.8. The van der Waals surface area contributed by atoms with E-state index < -0.39 is 0 Å². The van der Waals surface area contributed by atoms with Crippen LogP contribution in [0.2, 0.25) is 5.02 Å². The molecule has 0 fully saturated rings. The van der Waals surface area contributed by atoms with Gasteiger partial charge in [0.05, 0.1) is 11.4 Å². The molecule has 3 nitrogen and oxygen atoms in total. The Labute approximate surface area is 106 Å². The van der Waals surface area contributed by atoms with Crippen molar-refractivity contribution in [3.05, 3.63) is 46.7 Å². The molecule has 0 saturated heterocycles. The van der Waals surface area contributed by atoms with E-state index in [2.05, 4.69) is 17.3 Å². The molecule has 0 spiro atoms. The number of aryl methyl sites for hydroxylation is 1. The van der Waals surface area contributed by atoms with Crippen molar-refractivity contribution >= 4 is 11.6 Å². The molecule has 0 atom stereocenters. The molecule has 4 heteroatoms. The van der Waals surface area contributed by atoms with Crippen molar-refractivity contribution in [3.8, 4) is 5.69 Å². The van der Waals surface area contributed by atoms with Crippen LogP contribution in [-0.4, -0.2) is 16.3 Å². The molecule has 1 aromatic carbocycles. The van der Waals surface area contributed by atoms with Gasteiger partial charge >= 0.3 is 0 Å². The topological polar surface area (TPSA) is 29.9 Å². The zero-order valence-corrected chi connectivity index (χ0v) is 10.8. The van der Waals surface area contributed by atoms with Gasteiger partial charge in [-0.3, -0.25) is 0 Å². The fraction of sp³-hybridized carbons (Fsp3) is 0.308. The first-order valence-electron chi connectivity index (χ1n) is 5.72. The Bertz CT molecular complexity index is 505. The van der Waals surface area contributed by atoms with Gasteiger partial charge in [0, 0.05) is 23.3 Å². The first kappa shape index (κ1) is 12.1. The van der Waals surface area contributed by atoms with Crippen molar-refractivity contribution < 1.29 is 0 Å². The molecule has 0 unspecified atom stereocenters. The maximum Gasteiger partial charge on any atom is 0.0660 e. The molecule has 17 heavy (non-hydrogen) atoms. The quantitative estimate of drug-likeness (QED) is 0.903.